The average Bonchev–Trinajstić information content (AvgIpc) is 3.53. The molecule has 3 heterocycles. The van der Waals surface area contributed by atoms with Crippen LogP contribution in [-0.4, -0.2) is 66.5 Å². The number of amides is 1. The quantitative estimate of drug-likeness (QED) is 0.357. The first-order valence-corrected chi connectivity index (χ1v) is 14.9. The van der Waals surface area contributed by atoms with Crippen LogP contribution < -0.4 is 5.32 Å². The summed E-state index contributed by atoms with van der Waals surface area (Å²) < 4.78 is 4.15. The smallest absolute Gasteiger partial charge is 0.275 e. The van der Waals surface area contributed by atoms with Gasteiger partial charge in [-0.1, -0.05) is 74.2 Å². The van der Waals surface area contributed by atoms with E-state index in [0.29, 0.717) is 31.2 Å². The number of hydrogen-bond donors (Lipinski definition) is 2. The highest BCUT2D eigenvalue weighted by Crippen LogP contribution is 2.48. The number of benzene rings is 2. The zero-order valence-electron chi connectivity index (χ0n) is 23.0. The molecule has 3 atom stereocenters. The summed E-state index contributed by atoms with van der Waals surface area (Å²) in [6.45, 7) is 2.66. The van der Waals surface area contributed by atoms with Gasteiger partial charge in [-0.05, 0) is 31.2 Å². The SMILES string of the molecule is O=C(c1ncn([C@@H]2CCCC[C@@]2(O)CC2CC2)c1-c1ccccc1)N1CCNC[C@H]1Cn1ncc2ccccc21. The molecule has 2 aromatic carbocycles. The second-order valence-corrected chi connectivity index (χ2v) is 12.0. The lowest BCUT2D eigenvalue weighted by Crippen LogP contribution is -2.55. The highest BCUT2D eigenvalue weighted by molar-refractivity contribution is 5.98. The van der Waals surface area contributed by atoms with E-state index in [1.807, 2.05) is 52.4 Å². The molecule has 0 bridgehead atoms. The van der Waals surface area contributed by atoms with Crippen molar-refractivity contribution in [2.45, 2.75) is 69.2 Å². The van der Waals surface area contributed by atoms with Crippen molar-refractivity contribution in [3.63, 3.8) is 0 Å². The van der Waals surface area contributed by atoms with Crippen molar-refractivity contribution in [2.24, 2.45) is 5.92 Å². The predicted octanol–water partition coefficient (Wildman–Crippen LogP) is 4.66. The number of nitrogens with one attached hydrogen (secondary N) is 1. The number of fused-ring (bicyclic) bond motifs is 1. The van der Waals surface area contributed by atoms with Crippen molar-refractivity contribution in [2.75, 3.05) is 19.6 Å². The number of aromatic nitrogens is 4. The zero-order valence-corrected chi connectivity index (χ0v) is 23.0. The van der Waals surface area contributed by atoms with Crippen LogP contribution in [0.15, 0.2) is 67.1 Å². The first-order chi connectivity index (χ1) is 19.6. The second-order valence-electron chi connectivity index (χ2n) is 12.0. The number of rotatable bonds is 7. The minimum absolute atomic E-state index is 0.0536. The van der Waals surface area contributed by atoms with E-state index in [1.165, 1.54) is 12.8 Å². The number of piperazine rings is 1. The van der Waals surface area contributed by atoms with Crippen molar-refractivity contribution < 1.29 is 9.90 Å². The van der Waals surface area contributed by atoms with Crippen LogP contribution in [0.5, 0.6) is 0 Å². The minimum Gasteiger partial charge on any atom is -0.388 e. The third kappa shape index (κ3) is 4.73. The number of carbonyl (C=O) groups is 1. The molecule has 2 N–H and O–H groups in total. The van der Waals surface area contributed by atoms with Gasteiger partial charge in [0.25, 0.3) is 5.91 Å². The molecule has 8 nitrogen and oxygen atoms in total. The summed E-state index contributed by atoms with van der Waals surface area (Å²) in [6, 6.07) is 18.2. The summed E-state index contributed by atoms with van der Waals surface area (Å²) >= 11 is 0. The Hall–Kier alpha value is -3.49. The van der Waals surface area contributed by atoms with Gasteiger partial charge < -0.3 is 19.9 Å². The Kier molecular flexibility index (Phi) is 6.68. The number of hydrogen-bond acceptors (Lipinski definition) is 5. The van der Waals surface area contributed by atoms with Gasteiger partial charge in [0.15, 0.2) is 5.69 Å². The Bertz CT molecular complexity index is 1490. The fraction of sp³-hybridized carbons (Fsp3) is 0.469. The number of carbonyl (C=O) groups excluding carboxylic acids is 1. The Morgan fingerprint density at radius 2 is 1.88 bits per heavy atom. The van der Waals surface area contributed by atoms with E-state index in [9.17, 15) is 9.90 Å². The molecule has 7 rings (SSSR count). The molecule has 0 spiro atoms. The maximum absolute atomic E-state index is 14.4. The Morgan fingerprint density at radius 3 is 2.73 bits per heavy atom. The van der Waals surface area contributed by atoms with Gasteiger partial charge in [-0.25, -0.2) is 4.98 Å². The van der Waals surface area contributed by atoms with Crippen LogP contribution in [0.25, 0.3) is 22.2 Å². The molecular formula is C32H38N6O2. The predicted molar refractivity (Wildman–Crippen MR) is 155 cm³/mol. The molecule has 8 heteroatoms. The number of para-hydroxylation sites is 1. The van der Waals surface area contributed by atoms with Crippen LogP contribution in [0, 0.1) is 5.92 Å². The van der Waals surface area contributed by atoms with E-state index in [1.54, 1.807) is 0 Å². The minimum atomic E-state index is -0.761. The van der Waals surface area contributed by atoms with E-state index >= 15 is 0 Å². The normalized spacial score (nSPS) is 25.4. The van der Waals surface area contributed by atoms with Crippen LogP contribution in [0.2, 0.25) is 0 Å². The first kappa shape index (κ1) is 25.5. The molecule has 2 aromatic heterocycles. The first-order valence-electron chi connectivity index (χ1n) is 14.9. The molecule has 3 aliphatic rings. The summed E-state index contributed by atoms with van der Waals surface area (Å²) in [4.78, 5) is 21.1. The van der Waals surface area contributed by atoms with Gasteiger partial charge in [-0.2, -0.15) is 5.10 Å². The standard InChI is InChI=1S/C32H38N6O2/c39-31(36-17-16-33-20-26(36)21-38-27-11-5-4-10-25(27)19-35-38)29-30(24-8-2-1-3-9-24)37(22-34-29)28-12-6-7-15-32(28,40)18-23-13-14-23/h1-5,8-11,19,22-23,26,28,33,40H,6-7,12-18,20-21H2/t26-,28+,32+/m0/s1. The van der Waals surface area contributed by atoms with E-state index in [2.05, 4.69) is 39.2 Å². The Labute approximate surface area is 235 Å². The largest absolute Gasteiger partial charge is 0.388 e. The Morgan fingerprint density at radius 1 is 1.05 bits per heavy atom. The lowest BCUT2D eigenvalue weighted by atomic mass is 9.76. The van der Waals surface area contributed by atoms with Gasteiger partial charge in [0.2, 0.25) is 0 Å². The summed E-state index contributed by atoms with van der Waals surface area (Å²) in [5.74, 6) is 0.567. The Balaban J connectivity index is 1.25. The molecule has 2 aliphatic carbocycles. The van der Waals surface area contributed by atoms with Crippen LogP contribution in [0.3, 0.4) is 0 Å². The van der Waals surface area contributed by atoms with E-state index < -0.39 is 5.60 Å². The van der Waals surface area contributed by atoms with Gasteiger partial charge in [0, 0.05) is 30.6 Å². The van der Waals surface area contributed by atoms with Gasteiger partial charge in [0.05, 0.1) is 48.0 Å². The molecule has 1 aliphatic heterocycles. The average molecular weight is 539 g/mol. The van der Waals surface area contributed by atoms with Gasteiger partial charge in [-0.15, -0.1) is 0 Å². The van der Waals surface area contributed by atoms with Gasteiger partial charge in [0.1, 0.15) is 0 Å². The van der Waals surface area contributed by atoms with Crippen LogP contribution in [0.4, 0.5) is 0 Å². The monoisotopic (exact) mass is 538 g/mol. The maximum Gasteiger partial charge on any atom is 0.275 e. The van der Waals surface area contributed by atoms with Crippen molar-refractivity contribution in [1.29, 1.82) is 0 Å². The summed E-state index contributed by atoms with van der Waals surface area (Å²) in [5.41, 5.74) is 2.58. The maximum atomic E-state index is 14.4. The lowest BCUT2D eigenvalue weighted by Gasteiger charge is -2.42. The van der Waals surface area contributed by atoms with Crippen LogP contribution in [0.1, 0.15) is 61.5 Å². The third-order valence-corrected chi connectivity index (χ3v) is 9.22. The van der Waals surface area contributed by atoms with Crippen molar-refractivity contribution in [3.8, 4) is 11.3 Å². The molecule has 1 saturated heterocycles. The van der Waals surface area contributed by atoms with E-state index in [4.69, 9.17) is 4.98 Å². The fourth-order valence-corrected chi connectivity index (χ4v) is 7.00. The van der Waals surface area contributed by atoms with E-state index in [0.717, 1.165) is 60.8 Å². The molecule has 1 amide bonds. The molecule has 4 aromatic rings. The topological polar surface area (TPSA) is 88.2 Å². The van der Waals surface area contributed by atoms with Gasteiger partial charge in [-0.3, -0.25) is 9.48 Å². The van der Waals surface area contributed by atoms with Gasteiger partial charge >= 0.3 is 0 Å². The highest BCUT2D eigenvalue weighted by atomic mass is 16.3. The molecule has 2 saturated carbocycles. The summed E-state index contributed by atoms with van der Waals surface area (Å²) in [7, 11) is 0. The molecule has 3 fully saturated rings. The molecule has 0 unspecified atom stereocenters. The van der Waals surface area contributed by atoms with E-state index in [-0.39, 0.29) is 18.0 Å². The molecule has 40 heavy (non-hydrogen) atoms. The third-order valence-electron chi connectivity index (χ3n) is 9.22. The highest BCUT2D eigenvalue weighted by Gasteiger charge is 2.45. The molecular weight excluding hydrogens is 500 g/mol. The van der Waals surface area contributed by atoms with Crippen LogP contribution in [-0.2, 0) is 6.54 Å². The summed E-state index contributed by atoms with van der Waals surface area (Å²) in [5, 5.41) is 21.2. The second kappa shape index (κ2) is 10.5. The van der Waals surface area contributed by atoms with Crippen molar-refractivity contribution in [3.05, 3.63) is 72.8 Å². The lowest BCUT2D eigenvalue weighted by molar-refractivity contribution is -0.0518. The van der Waals surface area contributed by atoms with Crippen molar-refractivity contribution >= 4 is 16.8 Å². The van der Waals surface area contributed by atoms with Crippen LogP contribution >= 0.6 is 0 Å². The molecule has 208 valence electrons. The zero-order chi connectivity index (χ0) is 27.1. The molecule has 0 radical (unpaired) electrons. The van der Waals surface area contributed by atoms with Crippen molar-refractivity contribution in [1.82, 2.24) is 29.5 Å². The number of nitrogens with zero attached hydrogens (tertiary/aromatic N) is 5. The number of aliphatic hydroxyl groups is 1. The fourth-order valence-electron chi connectivity index (χ4n) is 7.00. The number of imidazole rings is 1. The summed E-state index contributed by atoms with van der Waals surface area (Å²) in [6.07, 6.45) is 10.8.